The lowest BCUT2D eigenvalue weighted by Gasteiger charge is -2.15. The van der Waals surface area contributed by atoms with Gasteiger partial charge in [0.25, 0.3) is 11.8 Å². The number of aromatic nitrogens is 4. The van der Waals surface area contributed by atoms with Crippen molar-refractivity contribution in [3.63, 3.8) is 0 Å². The van der Waals surface area contributed by atoms with E-state index in [4.69, 9.17) is 19.7 Å². The molecule has 0 radical (unpaired) electrons. The molecule has 1 aliphatic rings. The van der Waals surface area contributed by atoms with Crippen LogP contribution in [-0.4, -0.2) is 46.4 Å². The molecular formula is C20H21N7O5. The third-order valence-electron chi connectivity index (χ3n) is 4.69. The van der Waals surface area contributed by atoms with Crippen LogP contribution in [0.5, 0.6) is 5.75 Å². The van der Waals surface area contributed by atoms with Crippen molar-refractivity contribution in [2.24, 2.45) is 11.7 Å². The standard InChI is InChI=1S/C20H21N7O5/c1-30-9-15-24-19(27-32-15)11-4-3-5-12(17(11)31-2)22-13-8-14(23-20(29)10-6-7-10)25-26-16(13)18(21)28/h3-5,8,10H,6-7,9H2,1-2H3,(H2,21,28)(H2,22,23,25,29). The first-order valence-electron chi connectivity index (χ1n) is 9.74. The number of primary amides is 1. The average Bonchev–Trinajstić information content (AvgIpc) is 3.53. The van der Waals surface area contributed by atoms with Crippen molar-refractivity contribution in [2.75, 3.05) is 24.9 Å². The maximum atomic E-state index is 12.1. The van der Waals surface area contributed by atoms with E-state index in [0.717, 1.165) is 12.8 Å². The van der Waals surface area contributed by atoms with E-state index in [1.54, 1.807) is 18.2 Å². The molecule has 1 fully saturated rings. The van der Waals surface area contributed by atoms with Gasteiger partial charge in [-0.3, -0.25) is 9.59 Å². The Morgan fingerprint density at radius 1 is 1.22 bits per heavy atom. The fourth-order valence-electron chi connectivity index (χ4n) is 3.03. The van der Waals surface area contributed by atoms with E-state index in [9.17, 15) is 9.59 Å². The number of hydrogen-bond acceptors (Lipinski definition) is 10. The van der Waals surface area contributed by atoms with Crippen molar-refractivity contribution in [2.45, 2.75) is 19.4 Å². The minimum Gasteiger partial charge on any atom is -0.494 e. The van der Waals surface area contributed by atoms with Crippen LogP contribution >= 0.6 is 0 Å². The lowest BCUT2D eigenvalue weighted by molar-refractivity contribution is -0.117. The summed E-state index contributed by atoms with van der Waals surface area (Å²) in [7, 11) is 3.01. The average molecular weight is 439 g/mol. The molecule has 2 heterocycles. The first-order valence-corrected chi connectivity index (χ1v) is 9.74. The molecule has 0 bridgehead atoms. The summed E-state index contributed by atoms with van der Waals surface area (Å²) in [5, 5.41) is 17.5. The Hall–Kier alpha value is -4.06. The maximum absolute atomic E-state index is 12.1. The molecule has 4 N–H and O–H groups in total. The minimum atomic E-state index is -0.780. The molecule has 1 aliphatic carbocycles. The molecule has 3 aromatic rings. The molecule has 2 aromatic heterocycles. The predicted molar refractivity (Wildman–Crippen MR) is 112 cm³/mol. The third kappa shape index (κ3) is 4.49. The van der Waals surface area contributed by atoms with Gasteiger partial charge in [0, 0.05) is 19.1 Å². The Balaban J connectivity index is 1.67. The number of carbonyl (C=O) groups excluding carboxylic acids is 2. The Morgan fingerprint density at radius 2 is 2.03 bits per heavy atom. The monoisotopic (exact) mass is 439 g/mol. The fraction of sp³-hybridized carbons (Fsp3) is 0.300. The van der Waals surface area contributed by atoms with Crippen LogP contribution in [0.2, 0.25) is 0 Å². The number of rotatable bonds is 9. The number of nitrogens with two attached hydrogens (primary N) is 1. The maximum Gasteiger partial charge on any atom is 0.271 e. The Labute approximate surface area is 182 Å². The van der Waals surface area contributed by atoms with E-state index in [0.29, 0.717) is 28.7 Å². The van der Waals surface area contributed by atoms with Crippen molar-refractivity contribution in [3.05, 3.63) is 35.9 Å². The molecule has 0 aliphatic heterocycles. The summed E-state index contributed by atoms with van der Waals surface area (Å²) in [5.74, 6) is 0.281. The molecular weight excluding hydrogens is 418 g/mol. The lowest BCUT2D eigenvalue weighted by Crippen LogP contribution is -2.19. The number of amides is 2. The van der Waals surface area contributed by atoms with Crippen LogP contribution in [0.4, 0.5) is 17.2 Å². The molecule has 4 rings (SSSR count). The van der Waals surface area contributed by atoms with Crippen LogP contribution in [0.25, 0.3) is 11.4 Å². The van der Waals surface area contributed by atoms with Gasteiger partial charge in [-0.1, -0.05) is 11.2 Å². The second-order valence-corrected chi connectivity index (χ2v) is 7.08. The van der Waals surface area contributed by atoms with Crippen molar-refractivity contribution in [1.82, 2.24) is 20.3 Å². The highest BCUT2D eigenvalue weighted by Gasteiger charge is 2.30. The van der Waals surface area contributed by atoms with Crippen molar-refractivity contribution in [3.8, 4) is 17.1 Å². The second kappa shape index (κ2) is 8.98. The molecule has 0 saturated heterocycles. The number of anilines is 3. The topological polar surface area (TPSA) is 167 Å². The SMILES string of the molecule is COCc1nc(-c2cccc(Nc3cc(NC(=O)C4CC4)nnc3C(N)=O)c2OC)no1. The number of methoxy groups -OCH3 is 2. The van der Waals surface area contributed by atoms with Crippen molar-refractivity contribution in [1.29, 1.82) is 0 Å². The van der Waals surface area contributed by atoms with E-state index in [1.807, 2.05) is 0 Å². The number of ether oxygens (including phenoxy) is 2. The van der Waals surface area contributed by atoms with Gasteiger partial charge in [-0.25, -0.2) is 0 Å². The van der Waals surface area contributed by atoms with Gasteiger partial charge >= 0.3 is 0 Å². The molecule has 0 unspecified atom stereocenters. The summed E-state index contributed by atoms with van der Waals surface area (Å²) in [4.78, 5) is 28.2. The molecule has 1 aromatic carbocycles. The van der Waals surface area contributed by atoms with Crippen LogP contribution in [0.3, 0.4) is 0 Å². The van der Waals surface area contributed by atoms with Crippen LogP contribution in [-0.2, 0) is 16.1 Å². The van der Waals surface area contributed by atoms with Gasteiger partial charge in [-0.05, 0) is 25.0 Å². The Morgan fingerprint density at radius 3 is 2.72 bits per heavy atom. The summed E-state index contributed by atoms with van der Waals surface area (Å²) < 4.78 is 15.7. The van der Waals surface area contributed by atoms with E-state index >= 15 is 0 Å². The smallest absolute Gasteiger partial charge is 0.271 e. The quantitative estimate of drug-likeness (QED) is 0.447. The first-order chi connectivity index (χ1) is 15.5. The molecule has 166 valence electrons. The number of hydrogen-bond donors (Lipinski definition) is 3. The van der Waals surface area contributed by atoms with Crippen LogP contribution in [0, 0.1) is 5.92 Å². The number of nitrogens with one attached hydrogen (secondary N) is 2. The zero-order valence-electron chi connectivity index (χ0n) is 17.4. The second-order valence-electron chi connectivity index (χ2n) is 7.08. The Bertz CT molecular complexity index is 1160. The van der Waals surface area contributed by atoms with E-state index in [1.165, 1.54) is 20.3 Å². The van der Waals surface area contributed by atoms with Gasteiger partial charge in [-0.15, -0.1) is 10.2 Å². The summed E-state index contributed by atoms with van der Waals surface area (Å²) in [6, 6.07) is 6.73. The Kier molecular flexibility index (Phi) is 5.94. The third-order valence-corrected chi connectivity index (χ3v) is 4.69. The largest absolute Gasteiger partial charge is 0.494 e. The van der Waals surface area contributed by atoms with Gasteiger partial charge in [0.2, 0.25) is 11.7 Å². The zero-order valence-corrected chi connectivity index (χ0v) is 17.4. The highest BCUT2D eigenvalue weighted by atomic mass is 16.5. The number of carbonyl (C=O) groups is 2. The molecule has 0 spiro atoms. The van der Waals surface area contributed by atoms with E-state index in [-0.39, 0.29) is 35.6 Å². The van der Waals surface area contributed by atoms with Gasteiger partial charge < -0.3 is 30.4 Å². The van der Waals surface area contributed by atoms with Gasteiger partial charge in [-0.2, -0.15) is 4.98 Å². The molecule has 32 heavy (non-hydrogen) atoms. The highest BCUT2D eigenvalue weighted by molar-refractivity contribution is 5.99. The number of nitrogens with zero attached hydrogens (tertiary/aromatic N) is 4. The zero-order chi connectivity index (χ0) is 22.7. The minimum absolute atomic E-state index is 0.0150. The summed E-state index contributed by atoms with van der Waals surface area (Å²) >= 11 is 0. The van der Waals surface area contributed by atoms with Crippen molar-refractivity contribution < 1.29 is 23.6 Å². The molecule has 1 saturated carbocycles. The molecule has 0 atom stereocenters. The molecule has 12 nitrogen and oxygen atoms in total. The summed E-state index contributed by atoms with van der Waals surface area (Å²) in [6.45, 7) is 0.174. The lowest BCUT2D eigenvalue weighted by atomic mass is 10.1. The van der Waals surface area contributed by atoms with E-state index < -0.39 is 5.91 Å². The van der Waals surface area contributed by atoms with Gasteiger partial charge in [0.05, 0.1) is 24.0 Å². The summed E-state index contributed by atoms with van der Waals surface area (Å²) in [6.07, 6.45) is 1.69. The van der Waals surface area contributed by atoms with Crippen LogP contribution < -0.4 is 21.1 Å². The number of para-hydroxylation sites is 1. The summed E-state index contributed by atoms with van der Waals surface area (Å²) in [5.41, 5.74) is 6.65. The van der Waals surface area contributed by atoms with Gasteiger partial charge in [0.1, 0.15) is 6.61 Å². The predicted octanol–water partition coefficient (Wildman–Crippen LogP) is 1.87. The van der Waals surface area contributed by atoms with E-state index in [2.05, 4.69) is 31.0 Å². The van der Waals surface area contributed by atoms with Crippen LogP contribution in [0.15, 0.2) is 28.8 Å². The highest BCUT2D eigenvalue weighted by Crippen LogP contribution is 2.37. The van der Waals surface area contributed by atoms with Crippen molar-refractivity contribution >= 4 is 29.0 Å². The fourth-order valence-corrected chi connectivity index (χ4v) is 3.03. The molecule has 12 heteroatoms. The molecule has 2 amide bonds. The van der Waals surface area contributed by atoms with Gasteiger partial charge in [0.15, 0.2) is 17.3 Å². The van der Waals surface area contributed by atoms with Crippen LogP contribution in [0.1, 0.15) is 29.2 Å². The first kappa shape index (κ1) is 21.2. The number of benzene rings is 1. The normalized spacial score (nSPS) is 12.9.